The standard InChI is InChI=1S/C14H18FNO3S/c1-2-3-6-20(18,19)12-8-10(9-4-5-9)7-11(13(12)15)14(16)17/h7-9H,2-6H2,1H3,(H2,16,17). The summed E-state index contributed by atoms with van der Waals surface area (Å²) in [5.74, 6) is -1.85. The average Bonchev–Trinajstić information content (AvgIpc) is 3.20. The summed E-state index contributed by atoms with van der Waals surface area (Å²) in [6, 6.07) is 2.75. The topological polar surface area (TPSA) is 77.2 Å². The number of halogens is 1. The summed E-state index contributed by atoms with van der Waals surface area (Å²) < 4.78 is 38.6. The molecular formula is C14H18FNO3S. The van der Waals surface area contributed by atoms with E-state index in [4.69, 9.17) is 5.73 Å². The normalized spacial score (nSPS) is 15.3. The molecule has 0 heterocycles. The summed E-state index contributed by atoms with van der Waals surface area (Å²) >= 11 is 0. The SMILES string of the molecule is CCCCS(=O)(=O)c1cc(C2CC2)cc(C(N)=O)c1F. The molecule has 110 valence electrons. The Bertz CT molecular complexity index is 636. The number of benzene rings is 1. The smallest absolute Gasteiger partial charge is 0.251 e. The third kappa shape index (κ3) is 3.00. The molecule has 0 aliphatic heterocycles. The highest BCUT2D eigenvalue weighted by atomic mass is 32.2. The van der Waals surface area contributed by atoms with Gasteiger partial charge in [0.05, 0.1) is 11.3 Å². The van der Waals surface area contributed by atoms with Gasteiger partial charge in [-0.2, -0.15) is 0 Å². The second-order valence-electron chi connectivity index (χ2n) is 5.19. The van der Waals surface area contributed by atoms with Gasteiger partial charge in [0.15, 0.2) is 15.7 Å². The van der Waals surface area contributed by atoms with E-state index < -0.39 is 21.6 Å². The van der Waals surface area contributed by atoms with E-state index in [-0.39, 0.29) is 22.1 Å². The summed E-state index contributed by atoms with van der Waals surface area (Å²) in [6.45, 7) is 1.86. The van der Waals surface area contributed by atoms with Gasteiger partial charge in [-0.1, -0.05) is 13.3 Å². The third-order valence-corrected chi connectivity index (χ3v) is 5.27. The van der Waals surface area contributed by atoms with Crippen LogP contribution in [0.15, 0.2) is 17.0 Å². The van der Waals surface area contributed by atoms with Crippen molar-refractivity contribution in [3.63, 3.8) is 0 Å². The molecular weight excluding hydrogens is 281 g/mol. The van der Waals surface area contributed by atoms with Gasteiger partial charge in [-0.3, -0.25) is 4.79 Å². The van der Waals surface area contributed by atoms with Gasteiger partial charge in [0, 0.05) is 0 Å². The molecule has 0 aromatic heterocycles. The van der Waals surface area contributed by atoms with E-state index in [1.54, 1.807) is 0 Å². The molecule has 1 aliphatic carbocycles. The lowest BCUT2D eigenvalue weighted by Crippen LogP contribution is -2.17. The predicted molar refractivity (Wildman–Crippen MR) is 73.9 cm³/mol. The maximum absolute atomic E-state index is 14.2. The molecule has 1 aliphatic rings. The highest BCUT2D eigenvalue weighted by Crippen LogP contribution is 2.41. The van der Waals surface area contributed by atoms with Gasteiger partial charge in [-0.05, 0) is 42.9 Å². The molecule has 6 heteroatoms. The minimum Gasteiger partial charge on any atom is -0.366 e. The van der Waals surface area contributed by atoms with Crippen molar-refractivity contribution in [2.75, 3.05) is 5.75 Å². The van der Waals surface area contributed by atoms with E-state index in [1.807, 2.05) is 6.92 Å². The first-order chi connectivity index (χ1) is 9.36. The minimum absolute atomic E-state index is 0.118. The van der Waals surface area contributed by atoms with Crippen LogP contribution in [0.2, 0.25) is 0 Å². The van der Waals surface area contributed by atoms with Crippen LogP contribution in [-0.4, -0.2) is 20.1 Å². The van der Waals surface area contributed by atoms with Crippen molar-refractivity contribution < 1.29 is 17.6 Å². The van der Waals surface area contributed by atoms with Crippen LogP contribution in [0.1, 0.15) is 54.4 Å². The highest BCUT2D eigenvalue weighted by molar-refractivity contribution is 7.91. The highest BCUT2D eigenvalue weighted by Gasteiger charge is 2.30. The Morgan fingerprint density at radius 2 is 2.05 bits per heavy atom. The van der Waals surface area contributed by atoms with E-state index >= 15 is 0 Å². The Morgan fingerprint density at radius 3 is 2.55 bits per heavy atom. The lowest BCUT2D eigenvalue weighted by Gasteiger charge is -2.10. The first-order valence-corrected chi connectivity index (χ1v) is 8.38. The molecule has 0 saturated heterocycles. The van der Waals surface area contributed by atoms with E-state index in [2.05, 4.69) is 0 Å². The zero-order valence-corrected chi connectivity index (χ0v) is 12.2. The minimum atomic E-state index is -3.72. The van der Waals surface area contributed by atoms with Crippen LogP contribution < -0.4 is 5.73 Å². The van der Waals surface area contributed by atoms with Gasteiger partial charge in [-0.15, -0.1) is 0 Å². The third-order valence-electron chi connectivity index (χ3n) is 3.48. The number of unbranched alkanes of at least 4 members (excludes halogenated alkanes) is 1. The zero-order chi connectivity index (χ0) is 14.9. The van der Waals surface area contributed by atoms with Crippen molar-refractivity contribution >= 4 is 15.7 Å². The predicted octanol–water partition coefficient (Wildman–Crippen LogP) is 2.38. The van der Waals surface area contributed by atoms with Crippen LogP contribution in [0.4, 0.5) is 4.39 Å². The Labute approximate surface area is 118 Å². The first-order valence-electron chi connectivity index (χ1n) is 6.72. The summed E-state index contributed by atoms with van der Waals surface area (Å²) in [4.78, 5) is 10.9. The second-order valence-corrected chi connectivity index (χ2v) is 7.27. The van der Waals surface area contributed by atoms with E-state index in [9.17, 15) is 17.6 Å². The lowest BCUT2D eigenvalue weighted by molar-refractivity contribution is 0.0996. The molecule has 1 aromatic rings. The van der Waals surface area contributed by atoms with E-state index in [0.29, 0.717) is 18.4 Å². The summed E-state index contributed by atoms with van der Waals surface area (Å²) in [6.07, 6.45) is 3.02. The molecule has 1 fully saturated rings. The van der Waals surface area contributed by atoms with Crippen LogP contribution in [-0.2, 0) is 9.84 Å². The quantitative estimate of drug-likeness (QED) is 0.876. The number of sulfone groups is 1. The van der Waals surface area contributed by atoms with Crippen molar-refractivity contribution in [1.29, 1.82) is 0 Å². The number of carbonyl (C=O) groups is 1. The molecule has 1 saturated carbocycles. The van der Waals surface area contributed by atoms with Gasteiger partial charge in [0.25, 0.3) is 5.91 Å². The van der Waals surface area contributed by atoms with Gasteiger partial charge in [0.2, 0.25) is 0 Å². The Morgan fingerprint density at radius 1 is 1.40 bits per heavy atom. The number of primary amides is 1. The Hall–Kier alpha value is -1.43. The van der Waals surface area contributed by atoms with Crippen LogP contribution in [0, 0.1) is 5.82 Å². The van der Waals surface area contributed by atoms with Crippen LogP contribution in [0.25, 0.3) is 0 Å². The molecule has 20 heavy (non-hydrogen) atoms. The van der Waals surface area contributed by atoms with Crippen molar-refractivity contribution in [1.82, 2.24) is 0 Å². The van der Waals surface area contributed by atoms with Gasteiger partial charge in [0.1, 0.15) is 4.90 Å². The number of carbonyl (C=O) groups excluding carboxylic acids is 1. The average molecular weight is 299 g/mol. The van der Waals surface area contributed by atoms with Crippen molar-refractivity contribution in [3.8, 4) is 0 Å². The molecule has 1 aromatic carbocycles. The summed E-state index contributed by atoms with van der Waals surface area (Å²) in [5, 5.41) is 0. The fourth-order valence-corrected chi connectivity index (χ4v) is 3.71. The number of nitrogens with two attached hydrogens (primary N) is 1. The number of amides is 1. The summed E-state index contributed by atoms with van der Waals surface area (Å²) in [5.41, 5.74) is 5.50. The van der Waals surface area contributed by atoms with Crippen LogP contribution in [0.5, 0.6) is 0 Å². The molecule has 4 nitrogen and oxygen atoms in total. The molecule has 0 atom stereocenters. The van der Waals surface area contributed by atoms with Crippen molar-refractivity contribution in [3.05, 3.63) is 29.1 Å². The maximum atomic E-state index is 14.2. The van der Waals surface area contributed by atoms with Crippen molar-refractivity contribution in [2.24, 2.45) is 5.73 Å². The first kappa shape index (κ1) is 15.0. The summed E-state index contributed by atoms with van der Waals surface area (Å²) in [7, 11) is -3.72. The Balaban J connectivity index is 2.53. The van der Waals surface area contributed by atoms with Crippen LogP contribution in [0.3, 0.4) is 0 Å². The molecule has 2 rings (SSSR count). The molecule has 2 N–H and O–H groups in total. The lowest BCUT2D eigenvalue weighted by atomic mass is 10.1. The molecule has 0 radical (unpaired) electrons. The number of rotatable bonds is 6. The second kappa shape index (κ2) is 5.52. The fourth-order valence-electron chi connectivity index (χ4n) is 2.12. The monoisotopic (exact) mass is 299 g/mol. The molecule has 0 bridgehead atoms. The number of hydrogen-bond donors (Lipinski definition) is 1. The van der Waals surface area contributed by atoms with E-state index in [1.165, 1.54) is 12.1 Å². The van der Waals surface area contributed by atoms with Crippen molar-refractivity contribution in [2.45, 2.75) is 43.4 Å². The molecule has 1 amide bonds. The maximum Gasteiger partial charge on any atom is 0.251 e. The van der Waals surface area contributed by atoms with E-state index in [0.717, 1.165) is 12.8 Å². The molecule has 0 spiro atoms. The number of hydrogen-bond acceptors (Lipinski definition) is 3. The fraction of sp³-hybridized carbons (Fsp3) is 0.500. The Kier molecular flexibility index (Phi) is 4.13. The molecule has 0 unspecified atom stereocenters. The largest absolute Gasteiger partial charge is 0.366 e. The van der Waals surface area contributed by atoms with Gasteiger partial charge >= 0.3 is 0 Å². The van der Waals surface area contributed by atoms with Gasteiger partial charge < -0.3 is 5.73 Å². The van der Waals surface area contributed by atoms with Gasteiger partial charge in [-0.25, -0.2) is 12.8 Å². The zero-order valence-electron chi connectivity index (χ0n) is 11.4. The van der Waals surface area contributed by atoms with Crippen LogP contribution >= 0.6 is 0 Å².